The van der Waals surface area contributed by atoms with Crippen LogP contribution in [0, 0.1) is 0 Å². The predicted octanol–water partition coefficient (Wildman–Crippen LogP) is 5.80. The first-order chi connectivity index (χ1) is 14.8. The van der Waals surface area contributed by atoms with E-state index in [2.05, 4.69) is 15.5 Å². The van der Waals surface area contributed by atoms with E-state index in [-0.39, 0.29) is 27.5 Å². The number of nitrogens with zero attached hydrogens (tertiary/aromatic N) is 3. The third-order valence-electron chi connectivity index (χ3n) is 4.37. The highest BCUT2D eigenvalue weighted by Gasteiger charge is 2.32. The summed E-state index contributed by atoms with van der Waals surface area (Å²) in [5.41, 5.74) is 1.60. The van der Waals surface area contributed by atoms with Gasteiger partial charge in [-0.3, -0.25) is 9.20 Å². The van der Waals surface area contributed by atoms with E-state index in [1.807, 2.05) is 48.5 Å². The molecule has 2 aromatic carbocycles. The Labute approximate surface area is 184 Å². The normalized spacial score (nSPS) is 11.6. The fourth-order valence-electron chi connectivity index (χ4n) is 2.97. The second-order valence-corrected chi connectivity index (χ2v) is 7.85. The van der Waals surface area contributed by atoms with Crippen LogP contribution >= 0.6 is 23.4 Å². The summed E-state index contributed by atoms with van der Waals surface area (Å²) >= 11 is 6.88. The van der Waals surface area contributed by atoms with Crippen LogP contribution in [0.2, 0.25) is 5.02 Å². The van der Waals surface area contributed by atoms with Gasteiger partial charge in [0, 0.05) is 17.4 Å². The second kappa shape index (κ2) is 8.60. The van der Waals surface area contributed by atoms with Crippen LogP contribution in [-0.4, -0.2) is 26.3 Å². The summed E-state index contributed by atoms with van der Waals surface area (Å²) in [6.07, 6.45) is -3.70. The molecule has 0 saturated carbocycles. The fraction of sp³-hybridized carbons (Fsp3) is 0.0952. The Morgan fingerprint density at radius 2 is 1.77 bits per heavy atom. The molecule has 0 aliphatic heterocycles. The van der Waals surface area contributed by atoms with Gasteiger partial charge < -0.3 is 5.32 Å². The van der Waals surface area contributed by atoms with Gasteiger partial charge in [0.15, 0.2) is 10.8 Å². The molecule has 0 radical (unpaired) electrons. The van der Waals surface area contributed by atoms with Crippen molar-refractivity contribution < 1.29 is 18.0 Å². The lowest BCUT2D eigenvalue weighted by atomic mass is 10.0. The zero-order chi connectivity index (χ0) is 22.0. The molecular weight excluding hydrogens is 449 g/mol. The number of benzene rings is 2. The van der Waals surface area contributed by atoms with E-state index in [4.69, 9.17) is 11.6 Å². The maximum atomic E-state index is 13.1. The van der Waals surface area contributed by atoms with E-state index < -0.39 is 11.7 Å². The molecule has 158 valence electrons. The van der Waals surface area contributed by atoms with Gasteiger partial charge in [0.05, 0.1) is 16.3 Å². The van der Waals surface area contributed by atoms with Crippen LogP contribution < -0.4 is 5.32 Å². The number of pyridine rings is 1. The van der Waals surface area contributed by atoms with E-state index >= 15 is 0 Å². The van der Waals surface area contributed by atoms with Gasteiger partial charge in [-0.2, -0.15) is 13.2 Å². The van der Waals surface area contributed by atoms with Crippen molar-refractivity contribution in [3.8, 4) is 11.1 Å². The topological polar surface area (TPSA) is 59.3 Å². The van der Waals surface area contributed by atoms with Crippen LogP contribution in [0.5, 0.6) is 0 Å². The molecule has 4 aromatic rings. The lowest BCUT2D eigenvalue weighted by molar-refractivity contribution is -0.137. The average Bonchev–Trinajstić information content (AvgIpc) is 3.16. The van der Waals surface area contributed by atoms with Crippen molar-refractivity contribution in [1.29, 1.82) is 0 Å². The van der Waals surface area contributed by atoms with Gasteiger partial charge in [0.2, 0.25) is 5.91 Å². The summed E-state index contributed by atoms with van der Waals surface area (Å²) in [5.74, 6) is -0.402. The molecular formula is C21H14ClF3N4OS. The molecule has 2 heterocycles. The molecule has 5 nitrogen and oxygen atoms in total. The molecule has 0 atom stereocenters. The highest BCUT2D eigenvalue weighted by Crippen LogP contribution is 2.33. The number of carbonyl (C=O) groups is 1. The number of thioether (sulfide) groups is 1. The number of hydrogen-bond acceptors (Lipinski definition) is 4. The number of aromatic nitrogens is 3. The number of nitrogens with one attached hydrogen (secondary N) is 1. The molecule has 1 N–H and O–H groups in total. The van der Waals surface area contributed by atoms with Crippen molar-refractivity contribution in [2.75, 3.05) is 11.1 Å². The van der Waals surface area contributed by atoms with Crippen molar-refractivity contribution in [2.24, 2.45) is 0 Å². The van der Waals surface area contributed by atoms with E-state index in [1.165, 1.54) is 0 Å². The van der Waals surface area contributed by atoms with Gasteiger partial charge >= 0.3 is 6.18 Å². The maximum Gasteiger partial charge on any atom is 0.417 e. The molecule has 0 fully saturated rings. The fourth-order valence-corrected chi connectivity index (χ4v) is 3.92. The SMILES string of the molecule is O=C(CSc1nnc2c(Cl)cc(C(F)(F)F)cn12)Nc1ccccc1-c1ccccc1. The molecule has 0 unspecified atom stereocenters. The third kappa shape index (κ3) is 4.67. The van der Waals surface area contributed by atoms with E-state index in [0.29, 0.717) is 5.69 Å². The molecule has 4 rings (SSSR count). The van der Waals surface area contributed by atoms with Crippen LogP contribution in [-0.2, 0) is 11.0 Å². The highest BCUT2D eigenvalue weighted by molar-refractivity contribution is 7.99. The molecule has 2 aromatic heterocycles. The van der Waals surface area contributed by atoms with E-state index in [0.717, 1.165) is 39.6 Å². The zero-order valence-electron chi connectivity index (χ0n) is 15.7. The molecule has 0 spiro atoms. The number of amides is 1. The Morgan fingerprint density at radius 3 is 2.52 bits per heavy atom. The average molecular weight is 463 g/mol. The molecule has 0 aliphatic carbocycles. The van der Waals surface area contributed by atoms with Gasteiger partial charge in [-0.25, -0.2) is 0 Å². The third-order valence-corrected chi connectivity index (χ3v) is 5.60. The number of rotatable bonds is 5. The van der Waals surface area contributed by atoms with Crippen molar-refractivity contribution in [1.82, 2.24) is 14.6 Å². The first kappa shape index (κ1) is 21.2. The molecule has 0 bridgehead atoms. The van der Waals surface area contributed by atoms with Crippen molar-refractivity contribution in [3.63, 3.8) is 0 Å². The maximum absolute atomic E-state index is 13.1. The minimum absolute atomic E-state index is 0.0716. The smallest absolute Gasteiger partial charge is 0.325 e. The summed E-state index contributed by atoms with van der Waals surface area (Å²) < 4.78 is 40.4. The molecule has 1 amide bonds. The molecule has 10 heteroatoms. The Morgan fingerprint density at radius 1 is 1.06 bits per heavy atom. The van der Waals surface area contributed by atoms with Gasteiger partial charge in [-0.1, -0.05) is 71.9 Å². The van der Waals surface area contributed by atoms with E-state index in [1.54, 1.807) is 6.07 Å². The largest absolute Gasteiger partial charge is 0.417 e. The monoisotopic (exact) mass is 462 g/mol. The number of anilines is 1. The number of hydrogen-bond donors (Lipinski definition) is 1. The molecule has 0 aliphatic rings. The minimum Gasteiger partial charge on any atom is -0.325 e. The lowest BCUT2D eigenvalue weighted by Gasteiger charge is -2.11. The quantitative estimate of drug-likeness (QED) is 0.381. The zero-order valence-corrected chi connectivity index (χ0v) is 17.3. The van der Waals surface area contributed by atoms with Gasteiger partial charge in [-0.05, 0) is 17.7 Å². The minimum atomic E-state index is -4.57. The van der Waals surface area contributed by atoms with Crippen LogP contribution in [0.4, 0.5) is 18.9 Å². The summed E-state index contributed by atoms with van der Waals surface area (Å²) in [7, 11) is 0. The van der Waals surface area contributed by atoms with Crippen LogP contribution in [0.1, 0.15) is 5.56 Å². The van der Waals surface area contributed by atoms with Crippen molar-refractivity contribution in [2.45, 2.75) is 11.3 Å². The predicted molar refractivity (Wildman–Crippen MR) is 114 cm³/mol. The second-order valence-electron chi connectivity index (χ2n) is 6.50. The van der Waals surface area contributed by atoms with Crippen LogP contribution in [0.3, 0.4) is 0 Å². The summed E-state index contributed by atoms with van der Waals surface area (Å²) in [4.78, 5) is 12.5. The summed E-state index contributed by atoms with van der Waals surface area (Å²) in [5, 5.41) is 10.5. The highest BCUT2D eigenvalue weighted by atomic mass is 35.5. The number of fused-ring (bicyclic) bond motifs is 1. The standard InChI is InChI=1S/C21H14ClF3N4OS/c22-16-10-14(21(23,24)25)11-29-19(16)27-28-20(29)31-12-18(30)26-17-9-5-4-8-15(17)13-6-2-1-3-7-13/h1-11H,12H2,(H,26,30). The Hall–Kier alpha value is -3.04. The molecule has 0 saturated heterocycles. The number of carbonyl (C=O) groups excluding carboxylic acids is 1. The Kier molecular flexibility index (Phi) is 5.88. The Balaban J connectivity index is 1.52. The summed E-state index contributed by atoms with van der Waals surface area (Å²) in [6, 6.07) is 17.7. The van der Waals surface area contributed by atoms with Gasteiger partial charge in [0.1, 0.15) is 0 Å². The molecule has 31 heavy (non-hydrogen) atoms. The Bertz CT molecular complexity index is 1240. The number of alkyl halides is 3. The van der Waals surface area contributed by atoms with Gasteiger partial charge in [0.25, 0.3) is 0 Å². The number of halogens is 4. The van der Waals surface area contributed by atoms with Crippen LogP contribution in [0.25, 0.3) is 16.8 Å². The van der Waals surface area contributed by atoms with Gasteiger partial charge in [-0.15, -0.1) is 10.2 Å². The number of para-hydroxylation sites is 1. The van der Waals surface area contributed by atoms with Crippen molar-refractivity contribution in [3.05, 3.63) is 77.4 Å². The van der Waals surface area contributed by atoms with Crippen LogP contribution in [0.15, 0.2) is 72.0 Å². The van der Waals surface area contributed by atoms with Crippen molar-refractivity contribution >= 4 is 40.6 Å². The first-order valence-corrected chi connectivity index (χ1v) is 10.4. The lowest BCUT2D eigenvalue weighted by Crippen LogP contribution is -2.15. The summed E-state index contributed by atoms with van der Waals surface area (Å²) in [6.45, 7) is 0. The first-order valence-electron chi connectivity index (χ1n) is 9.01. The van der Waals surface area contributed by atoms with E-state index in [9.17, 15) is 18.0 Å².